The van der Waals surface area contributed by atoms with Crippen LogP contribution in [0.3, 0.4) is 0 Å². The molecule has 7 heteroatoms. The fraction of sp³-hybridized carbons (Fsp3) is 0.350. The van der Waals surface area contributed by atoms with Gasteiger partial charge in [0, 0.05) is 43.5 Å². The number of anilines is 1. The Morgan fingerprint density at radius 2 is 2.15 bits per heavy atom. The van der Waals surface area contributed by atoms with Gasteiger partial charge < -0.3 is 14.5 Å². The molecule has 0 aliphatic carbocycles. The predicted molar refractivity (Wildman–Crippen MR) is 100 cm³/mol. The van der Waals surface area contributed by atoms with Gasteiger partial charge in [-0.1, -0.05) is 30.3 Å². The molecule has 0 bridgehead atoms. The Morgan fingerprint density at radius 1 is 1.26 bits per heavy atom. The summed E-state index contributed by atoms with van der Waals surface area (Å²) in [6.45, 7) is 2.30. The summed E-state index contributed by atoms with van der Waals surface area (Å²) >= 11 is 0. The summed E-state index contributed by atoms with van der Waals surface area (Å²) in [5.41, 5.74) is 0.973. The zero-order valence-corrected chi connectivity index (χ0v) is 15.0. The summed E-state index contributed by atoms with van der Waals surface area (Å²) in [5.74, 6) is 2.34. The van der Waals surface area contributed by atoms with Gasteiger partial charge in [-0.2, -0.15) is 5.10 Å². The number of rotatable bonds is 7. The third kappa shape index (κ3) is 4.43. The molecule has 0 radical (unpaired) electrons. The van der Waals surface area contributed by atoms with Crippen molar-refractivity contribution in [3.8, 4) is 11.3 Å². The second-order valence-electron chi connectivity index (χ2n) is 6.66. The molecule has 0 unspecified atom stereocenters. The maximum absolute atomic E-state index is 12.3. The highest BCUT2D eigenvalue weighted by atomic mass is 16.5. The minimum Gasteiger partial charge on any atom is -0.441 e. The van der Waals surface area contributed by atoms with Crippen molar-refractivity contribution in [2.75, 3.05) is 18.5 Å². The molecule has 1 amide bonds. The average molecular weight is 366 g/mol. The maximum Gasteiger partial charge on any atom is 0.226 e. The van der Waals surface area contributed by atoms with Crippen LogP contribution in [0.2, 0.25) is 0 Å². The lowest BCUT2D eigenvalue weighted by atomic mass is 10.1. The number of amides is 1. The normalized spacial score (nSPS) is 16.5. The summed E-state index contributed by atoms with van der Waals surface area (Å²) in [7, 11) is 0. The van der Waals surface area contributed by atoms with Gasteiger partial charge in [-0.15, -0.1) is 0 Å². The van der Waals surface area contributed by atoms with Crippen molar-refractivity contribution in [1.29, 1.82) is 0 Å². The van der Waals surface area contributed by atoms with Crippen molar-refractivity contribution in [2.45, 2.75) is 25.8 Å². The first-order chi connectivity index (χ1) is 13.3. The van der Waals surface area contributed by atoms with E-state index in [0.717, 1.165) is 31.7 Å². The van der Waals surface area contributed by atoms with Crippen LogP contribution in [0.4, 0.5) is 5.82 Å². The van der Waals surface area contributed by atoms with E-state index in [1.54, 1.807) is 12.4 Å². The van der Waals surface area contributed by atoms with Crippen molar-refractivity contribution in [3.63, 3.8) is 0 Å². The summed E-state index contributed by atoms with van der Waals surface area (Å²) in [5, 5.41) is 7.23. The van der Waals surface area contributed by atoms with Gasteiger partial charge in [0.2, 0.25) is 5.91 Å². The molecular formula is C20H22N4O3. The minimum atomic E-state index is -0.0844. The lowest BCUT2D eigenvalue weighted by molar-refractivity contribution is -0.116. The van der Waals surface area contributed by atoms with Gasteiger partial charge in [-0.05, 0) is 6.42 Å². The smallest absolute Gasteiger partial charge is 0.226 e. The molecule has 1 N–H and O–H groups in total. The highest BCUT2D eigenvalue weighted by Gasteiger charge is 2.18. The molecule has 3 heterocycles. The lowest BCUT2D eigenvalue weighted by Crippen LogP contribution is -2.19. The molecule has 27 heavy (non-hydrogen) atoms. The zero-order chi connectivity index (χ0) is 18.5. The van der Waals surface area contributed by atoms with Crippen LogP contribution in [0.15, 0.2) is 53.2 Å². The van der Waals surface area contributed by atoms with Crippen LogP contribution in [0.1, 0.15) is 18.7 Å². The highest BCUT2D eigenvalue weighted by Crippen LogP contribution is 2.21. The monoisotopic (exact) mass is 366 g/mol. The third-order valence-electron chi connectivity index (χ3n) is 4.62. The molecule has 1 saturated heterocycles. The molecule has 2 aromatic heterocycles. The molecule has 0 spiro atoms. The first-order valence-corrected chi connectivity index (χ1v) is 9.17. The fourth-order valence-corrected chi connectivity index (χ4v) is 3.14. The number of benzene rings is 1. The van der Waals surface area contributed by atoms with Crippen LogP contribution < -0.4 is 5.32 Å². The molecule has 1 fully saturated rings. The Bertz CT molecular complexity index is 882. The quantitative estimate of drug-likeness (QED) is 0.695. The highest BCUT2D eigenvalue weighted by molar-refractivity contribution is 5.89. The van der Waals surface area contributed by atoms with Crippen molar-refractivity contribution < 1.29 is 13.9 Å². The zero-order valence-electron chi connectivity index (χ0n) is 15.0. The van der Waals surface area contributed by atoms with Gasteiger partial charge in [0.15, 0.2) is 11.7 Å². The van der Waals surface area contributed by atoms with E-state index in [1.807, 2.05) is 41.1 Å². The van der Waals surface area contributed by atoms with Gasteiger partial charge in [-0.3, -0.25) is 4.79 Å². The molecule has 4 rings (SSSR count). The number of nitrogens with one attached hydrogen (secondary N) is 1. The predicted octanol–water partition coefficient (Wildman–Crippen LogP) is 3.15. The van der Waals surface area contributed by atoms with E-state index < -0.39 is 0 Å². The lowest BCUT2D eigenvalue weighted by Gasteiger charge is -2.12. The van der Waals surface area contributed by atoms with E-state index in [4.69, 9.17) is 9.15 Å². The van der Waals surface area contributed by atoms with Gasteiger partial charge in [0.25, 0.3) is 0 Å². The SMILES string of the molecule is O=C(CCc1ncc(-c2ccccc2)o1)Nc1ccnn1C[C@H]1CCOC1. The molecule has 1 aliphatic heterocycles. The minimum absolute atomic E-state index is 0.0844. The number of nitrogens with zero attached hydrogens (tertiary/aromatic N) is 3. The number of ether oxygens (including phenoxy) is 1. The molecule has 140 valence electrons. The van der Waals surface area contributed by atoms with E-state index >= 15 is 0 Å². The third-order valence-corrected chi connectivity index (χ3v) is 4.62. The summed E-state index contributed by atoms with van der Waals surface area (Å²) in [4.78, 5) is 16.6. The number of aromatic nitrogens is 3. The number of carbonyl (C=O) groups excluding carboxylic acids is 1. The van der Waals surface area contributed by atoms with Crippen LogP contribution >= 0.6 is 0 Å². The van der Waals surface area contributed by atoms with Crippen molar-refractivity contribution in [2.24, 2.45) is 5.92 Å². The number of carbonyl (C=O) groups is 1. The number of aryl methyl sites for hydroxylation is 1. The van der Waals surface area contributed by atoms with E-state index in [-0.39, 0.29) is 5.91 Å². The number of hydrogen-bond acceptors (Lipinski definition) is 5. The van der Waals surface area contributed by atoms with Crippen LogP contribution in [0.25, 0.3) is 11.3 Å². The fourth-order valence-electron chi connectivity index (χ4n) is 3.14. The molecule has 0 saturated carbocycles. The van der Waals surface area contributed by atoms with Crippen molar-refractivity contribution in [1.82, 2.24) is 14.8 Å². The molecular weight excluding hydrogens is 344 g/mol. The molecule has 1 atom stereocenters. The maximum atomic E-state index is 12.3. The summed E-state index contributed by atoms with van der Waals surface area (Å²) < 4.78 is 13.0. The van der Waals surface area contributed by atoms with Gasteiger partial charge in [0.05, 0.1) is 19.0 Å². The molecule has 1 aromatic carbocycles. The van der Waals surface area contributed by atoms with Gasteiger partial charge in [0.1, 0.15) is 5.82 Å². The second-order valence-corrected chi connectivity index (χ2v) is 6.66. The molecule has 1 aliphatic rings. The molecule has 7 nitrogen and oxygen atoms in total. The van der Waals surface area contributed by atoms with Crippen molar-refractivity contribution >= 4 is 11.7 Å². The van der Waals surface area contributed by atoms with Crippen LogP contribution in [0, 0.1) is 5.92 Å². The van der Waals surface area contributed by atoms with Crippen molar-refractivity contribution in [3.05, 3.63) is 54.7 Å². The summed E-state index contributed by atoms with van der Waals surface area (Å²) in [6, 6.07) is 11.6. The Hall–Kier alpha value is -2.93. The second kappa shape index (κ2) is 8.18. The van der Waals surface area contributed by atoms with Crippen LogP contribution in [-0.4, -0.2) is 33.9 Å². The Balaban J connectivity index is 1.30. The standard InChI is InChI=1S/C20H22N4O3/c25-19(23-18-8-10-22-24(18)13-15-9-11-26-14-15)6-7-20-21-12-17(27-20)16-4-2-1-3-5-16/h1-5,8,10,12,15H,6-7,9,11,13-14H2,(H,23,25)/t15-/m1/s1. The van der Waals surface area contributed by atoms with E-state index in [0.29, 0.717) is 36.2 Å². The summed E-state index contributed by atoms with van der Waals surface area (Å²) in [6.07, 6.45) is 5.17. The Morgan fingerprint density at radius 3 is 2.96 bits per heavy atom. The number of hydrogen-bond donors (Lipinski definition) is 1. The van der Waals surface area contributed by atoms with Gasteiger partial charge in [-0.25, -0.2) is 9.67 Å². The van der Waals surface area contributed by atoms with E-state index in [2.05, 4.69) is 15.4 Å². The Kier molecular flexibility index (Phi) is 5.29. The largest absolute Gasteiger partial charge is 0.441 e. The topological polar surface area (TPSA) is 82.2 Å². The van der Waals surface area contributed by atoms with Crippen LogP contribution in [-0.2, 0) is 22.5 Å². The van der Waals surface area contributed by atoms with E-state index in [9.17, 15) is 4.79 Å². The molecule has 3 aromatic rings. The van der Waals surface area contributed by atoms with E-state index in [1.165, 1.54) is 0 Å². The first kappa shape index (κ1) is 17.5. The van der Waals surface area contributed by atoms with Gasteiger partial charge >= 0.3 is 0 Å². The average Bonchev–Trinajstić information content (AvgIpc) is 3.44. The van der Waals surface area contributed by atoms with Crippen LogP contribution in [0.5, 0.6) is 0 Å². The first-order valence-electron chi connectivity index (χ1n) is 9.17. The Labute approximate surface area is 157 Å². The number of oxazole rings is 1.